The van der Waals surface area contributed by atoms with E-state index in [1.807, 2.05) is 0 Å². The third-order valence-corrected chi connectivity index (χ3v) is 10.0. The lowest BCUT2D eigenvalue weighted by Gasteiger charge is -2.37. The number of ether oxygens (including phenoxy) is 4. The number of hydrogen-bond donors (Lipinski definition) is 1. The Balaban J connectivity index is 2.14. The molecule has 222 valence electrons. The first-order chi connectivity index (χ1) is 18.4. The average Bonchev–Trinajstić information content (AvgIpc) is 3.59. The highest BCUT2D eigenvalue weighted by Crippen LogP contribution is 2.67. The quantitative estimate of drug-likeness (QED) is 0.110. The number of rotatable bonds is 8. The fraction of sp³-hybridized carbons (Fsp3) is 0.630. The van der Waals surface area contributed by atoms with Crippen molar-refractivity contribution >= 4 is 48.7 Å². The van der Waals surface area contributed by atoms with Gasteiger partial charge in [-0.1, -0.05) is 31.4 Å². The van der Waals surface area contributed by atoms with Crippen LogP contribution < -0.4 is 5.73 Å². The monoisotopic (exact) mass is 597 g/mol. The van der Waals surface area contributed by atoms with Crippen LogP contribution in [0.4, 0.5) is 14.9 Å². The maximum atomic E-state index is 15.9. The lowest BCUT2D eigenvalue weighted by Crippen LogP contribution is -2.47. The molecule has 1 fully saturated rings. The molecule has 1 heterocycles. The van der Waals surface area contributed by atoms with Gasteiger partial charge in [-0.2, -0.15) is 0 Å². The van der Waals surface area contributed by atoms with Gasteiger partial charge in [-0.05, 0) is 52.3 Å². The Hall–Kier alpha value is -2.64. The zero-order valence-electron chi connectivity index (χ0n) is 24.7. The Labute approximate surface area is 240 Å². The van der Waals surface area contributed by atoms with Crippen LogP contribution in [0.5, 0.6) is 0 Å². The van der Waals surface area contributed by atoms with Crippen molar-refractivity contribution in [2.24, 2.45) is 10.9 Å². The number of nitrogen functional groups attached to an aromatic ring is 1. The number of amides is 1. The van der Waals surface area contributed by atoms with Crippen LogP contribution in [-0.2, 0) is 29.3 Å². The molecule has 3 rings (SSSR count). The number of carbonyl (C=O) groups excluding carboxylic acids is 3. The number of methoxy groups -OCH3 is 2. The highest BCUT2D eigenvalue weighted by Gasteiger charge is 2.72. The molecule has 13 heteroatoms. The number of amidine groups is 1. The zero-order chi connectivity index (χ0) is 30.3. The van der Waals surface area contributed by atoms with Gasteiger partial charge in [0.2, 0.25) is 0 Å². The molecule has 0 aromatic heterocycles. The van der Waals surface area contributed by atoms with E-state index in [-0.39, 0.29) is 28.7 Å². The summed E-state index contributed by atoms with van der Waals surface area (Å²) in [5.74, 6) is -2.79. The Morgan fingerprint density at radius 1 is 1.20 bits per heavy atom. The fourth-order valence-electron chi connectivity index (χ4n) is 4.59. The Kier molecular flexibility index (Phi) is 9.02. The van der Waals surface area contributed by atoms with Crippen LogP contribution >= 0.6 is 11.8 Å². The molecule has 1 saturated carbocycles. The van der Waals surface area contributed by atoms with Crippen LogP contribution in [0.25, 0.3) is 0 Å². The van der Waals surface area contributed by atoms with Gasteiger partial charge in [-0.3, -0.25) is 9.79 Å². The third kappa shape index (κ3) is 6.63. The summed E-state index contributed by atoms with van der Waals surface area (Å²) in [7, 11) is 1.00. The molecule has 0 spiro atoms. The maximum Gasteiger partial charge on any atom is 0.418 e. The number of anilines is 1. The fourth-order valence-corrected chi connectivity index (χ4v) is 6.93. The average molecular weight is 598 g/mol. The van der Waals surface area contributed by atoms with Crippen LogP contribution in [0.15, 0.2) is 17.1 Å². The van der Waals surface area contributed by atoms with Crippen molar-refractivity contribution in [2.45, 2.75) is 75.7 Å². The van der Waals surface area contributed by atoms with E-state index in [1.54, 1.807) is 27.7 Å². The van der Waals surface area contributed by atoms with E-state index < -0.39 is 53.7 Å². The normalized spacial score (nSPS) is 23.9. The molecular weight excluding hydrogens is 557 g/mol. The first-order valence-corrected chi connectivity index (χ1v) is 17.5. The molecule has 1 aliphatic heterocycles. The smallest absolute Gasteiger partial charge is 0.418 e. The molecule has 0 radical (unpaired) electrons. The number of aliphatic imine (C=N–C) groups is 1. The van der Waals surface area contributed by atoms with Crippen molar-refractivity contribution in [1.82, 2.24) is 4.90 Å². The topological polar surface area (TPSA) is 130 Å². The van der Waals surface area contributed by atoms with E-state index in [0.29, 0.717) is 13.0 Å². The number of halogens is 1. The van der Waals surface area contributed by atoms with Crippen LogP contribution in [0.1, 0.15) is 50.0 Å². The summed E-state index contributed by atoms with van der Waals surface area (Å²) in [6.45, 7) is 13.7. The minimum absolute atomic E-state index is 0.00488. The minimum Gasteiger partial charge on any atom is -0.468 e. The highest BCUT2D eigenvalue weighted by atomic mass is 32.2. The summed E-state index contributed by atoms with van der Waals surface area (Å²) in [6.07, 6.45) is -0.426. The molecule has 3 atom stereocenters. The van der Waals surface area contributed by atoms with E-state index in [9.17, 15) is 14.4 Å². The molecule has 0 saturated heterocycles. The molecule has 40 heavy (non-hydrogen) atoms. The van der Waals surface area contributed by atoms with Crippen molar-refractivity contribution in [3.63, 3.8) is 0 Å². The van der Waals surface area contributed by atoms with Crippen molar-refractivity contribution in [3.05, 3.63) is 29.1 Å². The molecular formula is C27H40FN3O7SSi. The van der Waals surface area contributed by atoms with Crippen LogP contribution in [0, 0.1) is 11.7 Å². The van der Waals surface area contributed by atoms with Gasteiger partial charge in [-0.15, -0.1) is 0 Å². The van der Waals surface area contributed by atoms with Gasteiger partial charge in [0, 0.05) is 31.8 Å². The number of nitrogens with two attached hydrogens (primary N) is 1. The molecule has 1 aromatic carbocycles. The second-order valence-corrected chi connectivity index (χ2v) is 19.4. The predicted molar refractivity (Wildman–Crippen MR) is 154 cm³/mol. The lowest BCUT2D eigenvalue weighted by atomic mass is 9.84. The number of thioether (sulfide) groups is 1. The Morgan fingerprint density at radius 2 is 1.85 bits per heavy atom. The van der Waals surface area contributed by atoms with Crippen molar-refractivity contribution < 1.29 is 37.7 Å². The van der Waals surface area contributed by atoms with Gasteiger partial charge in [0.15, 0.2) is 5.17 Å². The first-order valence-electron chi connectivity index (χ1n) is 13.0. The summed E-state index contributed by atoms with van der Waals surface area (Å²) in [4.78, 5) is 45.0. The number of fused-ring (bicyclic) bond motifs is 1. The van der Waals surface area contributed by atoms with E-state index in [1.165, 1.54) is 24.1 Å². The van der Waals surface area contributed by atoms with Gasteiger partial charge in [0.1, 0.15) is 22.9 Å². The van der Waals surface area contributed by atoms with Crippen molar-refractivity contribution in [3.8, 4) is 0 Å². The highest BCUT2D eigenvalue weighted by molar-refractivity contribution is 8.15. The molecule has 1 aliphatic carbocycles. The first kappa shape index (κ1) is 31.9. The van der Waals surface area contributed by atoms with Gasteiger partial charge >= 0.3 is 18.0 Å². The molecule has 1 aromatic rings. The van der Waals surface area contributed by atoms with E-state index in [4.69, 9.17) is 29.7 Å². The Bertz CT molecular complexity index is 1220. The van der Waals surface area contributed by atoms with Crippen LogP contribution in [-0.4, -0.2) is 74.1 Å². The van der Waals surface area contributed by atoms with Crippen LogP contribution in [0.2, 0.25) is 25.7 Å². The van der Waals surface area contributed by atoms with Gasteiger partial charge in [0.25, 0.3) is 0 Å². The van der Waals surface area contributed by atoms with Gasteiger partial charge < -0.3 is 24.7 Å². The zero-order valence-corrected chi connectivity index (χ0v) is 26.5. The predicted octanol–water partition coefficient (Wildman–Crippen LogP) is 4.99. The largest absolute Gasteiger partial charge is 0.468 e. The summed E-state index contributed by atoms with van der Waals surface area (Å²) in [5, 5.41) is 0.116. The number of esters is 2. The van der Waals surface area contributed by atoms with Crippen molar-refractivity contribution in [1.29, 1.82) is 0 Å². The molecule has 2 N–H and O–H groups in total. The summed E-state index contributed by atoms with van der Waals surface area (Å²) >= 11 is 1.07. The number of nitrogens with zero attached hydrogens (tertiary/aromatic N) is 2. The molecule has 2 aliphatic rings. The van der Waals surface area contributed by atoms with E-state index in [2.05, 4.69) is 19.6 Å². The SMILES string of the molecule is COC(=O)c1cc(N)cc([C@@]2(C)N=C(N(COCC[Si](C)(C)C)C(=O)OC(C)(C)C)SC3(C(=O)OC)CC32)c1F. The minimum atomic E-state index is -1.41. The standard InChI is InChI=1S/C27H40FN3O7SSi/c1-25(2,3)38-24(34)31(15-37-10-11-40(7,8)9)23-30-26(4,19-14-27(19,39-23)22(33)36-6)18-13-16(29)12-17(20(18)28)21(32)35-5/h12-13,19H,10-11,14-15,29H2,1-9H3/t19?,26-,27?/m1/s1. The molecule has 2 unspecified atom stereocenters. The number of benzene rings is 1. The van der Waals surface area contributed by atoms with E-state index in [0.717, 1.165) is 24.9 Å². The van der Waals surface area contributed by atoms with E-state index >= 15 is 4.39 Å². The molecule has 0 bridgehead atoms. The second-order valence-electron chi connectivity index (χ2n) is 12.5. The molecule has 1 amide bonds. The summed E-state index contributed by atoms with van der Waals surface area (Å²) < 4.78 is 36.2. The van der Waals surface area contributed by atoms with Crippen LogP contribution in [0.3, 0.4) is 0 Å². The lowest BCUT2D eigenvalue weighted by molar-refractivity contribution is -0.141. The number of hydrogen-bond acceptors (Lipinski definition) is 10. The van der Waals surface area contributed by atoms with Crippen molar-refractivity contribution in [2.75, 3.05) is 33.3 Å². The Morgan fingerprint density at radius 3 is 2.40 bits per heavy atom. The molecule has 10 nitrogen and oxygen atoms in total. The van der Waals surface area contributed by atoms with Gasteiger partial charge in [-0.25, -0.2) is 18.9 Å². The third-order valence-electron chi connectivity index (χ3n) is 6.83. The summed E-state index contributed by atoms with van der Waals surface area (Å²) in [5.41, 5.74) is 3.63. The van der Waals surface area contributed by atoms with Gasteiger partial charge in [0.05, 0.1) is 25.3 Å². The second kappa shape index (κ2) is 11.3. The maximum absolute atomic E-state index is 15.9. The summed E-state index contributed by atoms with van der Waals surface area (Å²) in [6, 6.07) is 3.45. The number of carbonyl (C=O) groups is 3.